The van der Waals surface area contributed by atoms with E-state index in [1.165, 1.54) is 6.92 Å². The van der Waals surface area contributed by atoms with Crippen LogP contribution in [0.2, 0.25) is 0 Å². The smallest absolute Gasteiger partial charge is 0.345 e. The number of ether oxygens (including phenoxy) is 3. The summed E-state index contributed by atoms with van der Waals surface area (Å²) in [5, 5.41) is 0. The van der Waals surface area contributed by atoms with Gasteiger partial charge in [0.05, 0.1) is 0 Å². The predicted octanol–water partition coefficient (Wildman–Crippen LogP) is 2.66. The zero-order valence-corrected chi connectivity index (χ0v) is 14.3. The van der Waals surface area contributed by atoms with E-state index in [0.29, 0.717) is 0 Å². The molecule has 134 valence electrons. The van der Waals surface area contributed by atoms with Crippen molar-refractivity contribution in [1.29, 1.82) is 0 Å². The van der Waals surface area contributed by atoms with Gasteiger partial charge in [0.2, 0.25) is 0 Å². The van der Waals surface area contributed by atoms with E-state index < -0.39 is 36.7 Å². The topological polar surface area (TPSA) is 78.9 Å². The van der Waals surface area contributed by atoms with Gasteiger partial charge < -0.3 is 14.2 Å². The molecule has 1 fully saturated rings. The van der Waals surface area contributed by atoms with Gasteiger partial charge in [-0.1, -0.05) is 36.9 Å². The molecule has 1 aromatic carbocycles. The molecule has 0 unspecified atom stereocenters. The number of rotatable bonds is 7. The van der Waals surface area contributed by atoms with Crippen LogP contribution in [0.1, 0.15) is 38.2 Å². The summed E-state index contributed by atoms with van der Waals surface area (Å²) in [5.74, 6) is -2.12. The maximum Gasteiger partial charge on any atom is 0.345 e. The third-order valence-corrected chi connectivity index (χ3v) is 4.04. The first-order valence-corrected chi connectivity index (χ1v) is 8.18. The highest BCUT2D eigenvalue weighted by Gasteiger charge is 2.39. The Bertz CT molecular complexity index is 643. The molecule has 0 aliphatic heterocycles. The van der Waals surface area contributed by atoms with Crippen LogP contribution in [0.25, 0.3) is 0 Å². The fourth-order valence-corrected chi connectivity index (χ4v) is 2.81. The standard InChI is InChI=1S/C19H22O6/c1-14(2)18(22)24-12-16(20)23-13-17(21)25-19(10-6-7-11-19)15-8-4-3-5-9-15/h3-5,8-9H,1,6-7,10-13H2,2H3. The Labute approximate surface area is 146 Å². The Kier molecular flexibility index (Phi) is 6.33. The van der Waals surface area contributed by atoms with Gasteiger partial charge in [-0.15, -0.1) is 0 Å². The van der Waals surface area contributed by atoms with Crippen LogP contribution in [0.3, 0.4) is 0 Å². The molecule has 25 heavy (non-hydrogen) atoms. The van der Waals surface area contributed by atoms with Crippen molar-refractivity contribution in [2.24, 2.45) is 0 Å². The molecule has 6 heteroatoms. The summed E-state index contributed by atoms with van der Waals surface area (Å²) in [6.45, 7) is 3.79. The highest BCUT2D eigenvalue weighted by molar-refractivity contribution is 5.88. The van der Waals surface area contributed by atoms with Gasteiger partial charge in [0.1, 0.15) is 5.60 Å². The predicted molar refractivity (Wildman–Crippen MR) is 89.4 cm³/mol. The first-order valence-electron chi connectivity index (χ1n) is 8.18. The van der Waals surface area contributed by atoms with E-state index >= 15 is 0 Å². The summed E-state index contributed by atoms with van der Waals surface area (Å²) >= 11 is 0. The van der Waals surface area contributed by atoms with Crippen molar-refractivity contribution in [2.45, 2.75) is 38.2 Å². The lowest BCUT2D eigenvalue weighted by atomic mass is 9.92. The summed E-state index contributed by atoms with van der Waals surface area (Å²) < 4.78 is 15.1. The molecule has 0 heterocycles. The van der Waals surface area contributed by atoms with E-state index in [4.69, 9.17) is 9.47 Å². The minimum absolute atomic E-state index is 0.179. The van der Waals surface area contributed by atoms with Gasteiger partial charge in [0.25, 0.3) is 0 Å². The molecule has 0 aromatic heterocycles. The van der Waals surface area contributed by atoms with Gasteiger partial charge in [-0.25, -0.2) is 14.4 Å². The highest BCUT2D eigenvalue weighted by Crippen LogP contribution is 2.42. The quantitative estimate of drug-likeness (QED) is 0.429. The van der Waals surface area contributed by atoms with Gasteiger partial charge in [-0.3, -0.25) is 0 Å². The lowest BCUT2D eigenvalue weighted by molar-refractivity contribution is -0.173. The van der Waals surface area contributed by atoms with Crippen molar-refractivity contribution >= 4 is 17.9 Å². The lowest BCUT2D eigenvalue weighted by Crippen LogP contribution is -2.32. The monoisotopic (exact) mass is 346 g/mol. The minimum atomic E-state index is -0.813. The molecular weight excluding hydrogens is 324 g/mol. The van der Waals surface area contributed by atoms with Crippen molar-refractivity contribution in [3.63, 3.8) is 0 Å². The van der Waals surface area contributed by atoms with E-state index in [-0.39, 0.29) is 5.57 Å². The molecule has 1 saturated carbocycles. The maximum atomic E-state index is 12.1. The van der Waals surface area contributed by atoms with Crippen LogP contribution in [0.5, 0.6) is 0 Å². The molecule has 1 aliphatic carbocycles. The highest BCUT2D eigenvalue weighted by atomic mass is 16.6. The summed E-state index contributed by atoms with van der Waals surface area (Å²) in [5.41, 5.74) is 0.470. The number of hydrogen-bond acceptors (Lipinski definition) is 6. The van der Waals surface area contributed by atoms with E-state index in [1.807, 2.05) is 30.3 Å². The molecule has 0 atom stereocenters. The molecule has 0 amide bonds. The Balaban J connectivity index is 1.85. The second kappa shape index (κ2) is 8.46. The third kappa shape index (κ3) is 5.17. The average molecular weight is 346 g/mol. The first kappa shape index (κ1) is 18.7. The second-order valence-electron chi connectivity index (χ2n) is 6.06. The zero-order chi connectivity index (χ0) is 18.3. The summed E-state index contributed by atoms with van der Waals surface area (Å²) in [7, 11) is 0. The Hall–Kier alpha value is -2.63. The molecule has 6 nitrogen and oxygen atoms in total. The van der Waals surface area contributed by atoms with Crippen LogP contribution in [0.4, 0.5) is 0 Å². The largest absolute Gasteiger partial charge is 0.452 e. The van der Waals surface area contributed by atoms with Crippen molar-refractivity contribution in [3.05, 3.63) is 48.0 Å². The van der Waals surface area contributed by atoms with Crippen LogP contribution >= 0.6 is 0 Å². The second-order valence-corrected chi connectivity index (χ2v) is 6.06. The fourth-order valence-electron chi connectivity index (χ4n) is 2.81. The average Bonchev–Trinajstić information content (AvgIpc) is 3.08. The molecule has 2 rings (SSSR count). The van der Waals surface area contributed by atoms with Gasteiger partial charge in [-0.05, 0) is 38.2 Å². The van der Waals surface area contributed by atoms with Gasteiger partial charge in [0, 0.05) is 5.57 Å². The van der Waals surface area contributed by atoms with E-state index in [9.17, 15) is 14.4 Å². The summed E-state index contributed by atoms with van der Waals surface area (Å²) in [4.78, 5) is 34.8. The van der Waals surface area contributed by atoms with Crippen LogP contribution in [-0.4, -0.2) is 31.1 Å². The van der Waals surface area contributed by atoms with Crippen LogP contribution in [-0.2, 0) is 34.2 Å². The van der Waals surface area contributed by atoms with Crippen molar-refractivity contribution in [2.75, 3.05) is 13.2 Å². The Morgan fingerprint density at radius 2 is 1.60 bits per heavy atom. The maximum absolute atomic E-state index is 12.1. The lowest BCUT2D eigenvalue weighted by Gasteiger charge is -2.29. The third-order valence-electron chi connectivity index (χ3n) is 4.04. The van der Waals surface area contributed by atoms with Gasteiger partial charge >= 0.3 is 17.9 Å². The fraction of sp³-hybridized carbons (Fsp3) is 0.421. The minimum Gasteiger partial charge on any atom is -0.452 e. The molecule has 0 bridgehead atoms. The van der Waals surface area contributed by atoms with Crippen molar-refractivity contribution in [3.8, 4) is 0 Å². The van der Waals surface area contributed by atoms with Crippen LogP contribution in [0.15, 0.2) is 42.5 Å². The van der Waals surface area contributed by atoms with Gasteiger partial charge in [0.15, 0.2) is 13.2 Å². The van der Waals surface area contributed by atoms with Crippen LogP contribution < -0.4 is 0 Å². The normalized spacial score (nSPS) is 15.2. The number of carbonyl (C=O) groups excluding carboxylic acids is 3. The zero-order valence-electron chi connectivity index (χ0n) is 14.3. The van der Waals surface area contributed by atoms with E-state index in [2.05, 4.69) is 11.3 Å². The molecule has 0 radical (unpaired) electrons. The van der Waals surface area contributed by atoms with Gasteiger partial charge in [-0.2, -0.15) is 0 Å². The molecule has 0 N–H and O–H groups in total. The SMILES string of the molecule is C=C(C)C(=O)OCC(=O)OCC(=O)OC1(c2ccccc2)CCCC1. The summed E-state index contributed by atoms with van der Waals surface area (Å²) in [6.07, 6.45) is 3.43. The Morgan fingerprint density at radius 3 is 2.20 bits per heavy atom. The summed E-state index contributed by atoms with van der Waals surface area (Å²) in [6, 6.07) is 9.57. The number of benzene rings is 1. The van der Waals surface area contributed by atoms with Crippen molar-refractivity contribution < 1.29 is 28.6 Å². The Morgan fingerprint density at radius 1 is 1.00 bits per heavy atom. The van der Waals surface area contributed by atoms with Crippen molar-refractivity contribution in [1.82, 2.24) is 0 Å². The molecule has 0 saturated heterocycles. The number of esters is 3. The number of carbonyl (C=O) groups is 3. The molecule has 1 aromatic rings. The van der Waals surface area contributed by atoms with Crippen LogP contribution in [0, 0.1) is 0 Å². The first-order chi connectivity index (χ1) is 11.9. The molecular formula is C19H22O6. The molecule has 0 spiro atoms. The van der Waals surface area contributed by atoms with E-state index in [0.717, 1.165) is 31.2 Å². The number of hydrogen-bond donors (Lipinski definition) is 0. The molecule has 1 aliphatic rings. The van der Waals surface area contributed by atoms with E-state index in [1.54, 1.807) is 0 Å².